The molecule has 0 aliphatic carbocycles. The van der Waals surface area contributed by atoms with Gasteiger partial charge < -0.3 is 14.3 Å². The van der Waals surface area contributed by atoms with Crippen LogP contribution in [0.1, 0.15) is 36.1 Å². The number of aliphatic hydroxyl groups is 1. The zero-order chi connectivity index (χ0) is 23.2. The molecule has 2 heterocycles. The van der Waals surface area contributed by atoms with Crippen LogP contribution in [-0.4, -0.2) is 58.3 Å². The number of carbonyl (C=O) groups is 1. The van der Waals surface area contributed by atoms with Crippen molar-refractivity contribution in [2.24, 2.45) is 0 Å². The molecule has 6 heteroatoms. The second-order valence-electron chi connectivity index (χ2n) is 9.06. The van der Waals surface area contributed by atoms with Crippen molar-refractivity contribution in [2.75, 3.05) is 26.7 Å². The van der Waals surface area contributed by atoms with Crippen LogP contribution in [-0.2, 0) is 21.6 Å². The Hall–Kier alpha value is -3.09. The summed E-state index contributed by atoms with van der Waals surface area (Å²) in [5, 5.41) is 11.6. The number of carbonyl (C=O) groups excluding carboxylic acids is 1. The maximum absolute atomic E-state index is 13.3. The van der Waals surface area contributed by atoms with Gasteiger partial charge in [0.15, 0.2) is 0 Å². The topological polar surface area (TPSA) is 72.3 Å². The maximum Gasteiger partial charge on any atom is 0.347 e. The van der Waals surface area contributed by atoms with Gasteiger partial charge in [-0.05, 0) is 17.5 Å². The van der Waals surface area contributed by atoms with Gasteiger partial charge in [0.2, 0.25) is 5.60 Å². The predicted molar refractivity (Wildman–Crippen MR) is 126 cm³/mol. The zero-order valence-electron chi connectivity index (χ0n) is 19.1. The molecule has 33 heavy (non-hydrogen) atoms. The monoisotopic (exact) mass is 446 g/mol. The van der Waals surface area contributed by atoms with E-state index in [9.17, 15) is 9.90 Å². The number of aromatic nitrogens is 2. The molecular formula is C27H32N3O3+. The van der Waals surface area contributed by atoms with E-state index in [0.717, 1.165) is 48.9 Å². The van der Waals surface area contributed by atoms with E-state index in [4.69, 9.17) is 4.74 Å². The minimum absolute atomic E-state index is 0.214. The number of aryl methyl sites for hydroxylation is 1. The van der Waals surface area contributed by atoms with Gasteiger partial charge >= 0.3 is 5.97 Å². The summed E-state index contributed by atoms with van der Waals surface area (Å²) in [5.41, 5.74) is 0.181. The van der Waals surface area contributed by atoms with Gasteiger partial charge in [0.1, 0.15) is 12.6 Å². The summed E-state index contributed by atoms with van der Waals surface area (Å²) in [6.07, 6.45) is 9.22. The lowest BCUT2D eigenvalue weighted by molar-refractivity contribution is -0.921. The van der Waals surface area contributed by atoms with Crippen molar-refractivity contribution in [3.63, 3.8) is 0 Å². The summed E-state index contributed by atoms with van der Waals surface area (Å²) >= 11 is 0. The first-order valence-corrected chi connectivity index (χ1v) is 11.6. The standard InChI is InChI=1S/C27H32N3O3/c1-30(18-8-14-24-20-28-16-17-29-24)19-9-15-25(30)21-33-26(31)27(32,22-10-4-2-5-11-22)23-12-6-3-7-13-23/h2-7,10-13,16-17,20,25,32H,8-9,14-15,18-19,21H2,1H3/q+1. The predicted octanol–water partition coefficient (Wildman–Crippen LogP) is 3.50. The lowest BCUT2D eigenvalue weighted by Gasteiger charge is -2.36. The molecule has 0 bridgehead atoms. The van der Waals surface area contributed by atoms with Gasteiger partial charge in [0, 0.05) is 37.9 Å². The van der Waals surface area contributed by atoms with Crippen molar-refractivity contribution < 1.29 is 19.1 Å². The Morgan fingerprint density at radius 2 is 1.76 bits per heavy atom. The van der Waals surface area contributed by atoms with Crippen LogP contribution < -0.4 is 0 Å². The van der Waals surface area contributed by atoms with Crippen molar-refractivity contribution >= 4 is 5.97 Å². The van der Waals surface area contributed by atoms with E-state index in [-0.39, 0.29) is 6.04 Å². The highest BCUT2D eigenvalue weighted by Crippen LogP contribution is 2.32. The second-order valence-corrected chi connectivity index (χ2v) is 9.06. The summed E-state index contributed by atoms with van der Waals surface area (Å²) in [7, 11) is 2.24. The number of hydrogen-bond acceptors (Lipinski definition) is 5. The van der Waals surface area contributed by atoms with Gasteiger partial charge in [-0.15, -0.1) is 0 Å². The lowest BCUT2D eigenvalue weighted by atomic mass is 9.86. The maximum atomic E-state index is 13.3. The van der Waals surface area contributed by atoms with Gasteiger partial charge in [-0.2, -0.15) is 0 Å². The first-order valence-electron chi connectivity index (χ1n) is 11.6. The molecular weight excluding hydrogens is 414 g/mol. The normalized spacial score (nSPS) is 20.5. The molecule has 2 unspecified atom stereocenters. The molecule has 2 aromatic carbocycles. The molecule has 4 rings (SSSR count). The van der Waals surface area contributed by atoms with Crippen molar-refractivity contribution in [3.05, 3.63) is 96.1 Å². The summed E-state index contributed by atoms with van der Waals surface area (Å²) in [4.78, 5) is 21.8. The van der Waals surface area contributed by atoms with Crippen LogP contribution in [0.5, 0.6) is 0 Å². The number of hydrogen-bond donors (Lipinski definition) is 1. The minimum atomic E-state index is -1.84. The molecule has 172 valence electrons. The average molecular weight is 447 g/mol. The Kier molecular flexibility index (Phi) is 7.16. The number of ether oxygens (including phenoxy) is 1. The highest BCUT2D eigenvalue weighted by Gasteiger charge is 2.44. The highest BCUT2D eigenvalue weighted by molar-refractivity contribution is 5.85. The molecule has 2 atom stereocenters. The summed E-state index contributed by atoms with van der Waals surface area (Å²) in [6.45, 7) is 2.34. The molecule has 0 radical (unpaired) electrons. The van der Waals surface area contributed by atoms with E-state index in [0.29, 0.717) is 17.7 Å². The first-order chi connectivity index (χ1) is 16.0. The second kappa shape index (κ2) is 10.2. The summed E-state index contributed by atoms with van der Waals surface area (Å²) in [5.74, 6) is -0.627. The Bertz CT molecular complexity index is 991. The van der Waals surface area contributed by atoms with E-state index < -0.39 is 11.6 Å². The van der Waals surface area contributed by atoms with Gasteiger partial charge in [0.05, 0.1) is 25.8 Å². The van der Waals surface area contributed by atoms with E-state index in [1.165, 1.54) is 0 Å². The molecule has 6 nitrogen and oxygen atoms in total. The molecule has 1 aliphatic rings. The number of quaternary nitrogens is 1. The van der Waals surface area contributed by atoms with E-state index >= 15 is 0 Å². The van der Waals surface area contributed by atoms with Gasteiger partial charge in [-0.3, -0.25) is 9.97 Å². The fraction of sp³-hybridized carbons (Fsp3) is 0.370. The Balaban J connectivity index is 1.43. The summed E-state index contributed by atoms with van der Waals surface area (Å²) in [6, 6.07) is 18.3. The Morgan fingerprint density at radius 3 is 2.36 bits per heavy atom. The minimum Gasteiger partial charge on any atom is -0.457 e. The fourth-order valence-corrected chi connectivity index (χ4v) is 4.86. The van der Waals surface area contributed by atoms with E-state index in [2.05, 4.69) is 17.0 Å². The number of nitrogens with zero attached hydrogens (tertiary/aromatic N) is 3. The molecule has 1 saturated heterocycles. The third kappa shape index (κ3) is 5.13. The highest BCUT2D eigenvalue weighted by atomic mass is 16.6. The van der Waals surface area contributed by atoms with Crippen molar-refractivity contribution in [1.82, 2.24) is 9.97 Å². The number of likely N-dealkylation sites (tertiary alicyclic amines) is 1. The molecule has 1 fully saturated rings. The zero-order valence-corrected chi connectivity index (χ0v) is 19.1. The molecule has 1 aromatic heterocycles. The lowest BCUT2D eigenvalue weighted by Crippen LogP contribution is -2.51. The Labute approximate surface area is 195 Å². The molecule has 0 spiro atoms. The van der Waals surface area contributed by atoms with Gasteiger partial charge in [0.25, 0.3) is 0 Å². The van der Waals surface area contributed by atoms with Crippen LogP contribution in [0.4, 0.5) is 0 Å². The smallest absolute Gasteiger partial charge is 0.347 e. The fourth-order valence-electron chi connectivity index (χ4n) is 4.86. The van der Waals surface area contributed by atoms with Crippen LogP contribution in [0, 0.1) is 0 Å². The molecule has 1 N–H and O–H groups in total. The van der Waals surface area contributed by atoms with E-state index in [1.807, 2.05) is 42.6 Å². The SMILES string of the molecule is C[N+]1(CCCc2cnccn2)CCCC1COC(=O)C(O)(c1ccccc1)c1ccccc1. The number of esters is 1. The molecule has 0 saturated carbocycles. The molecule has 0 amide bonds. The molecule has 3 aromatic rings. The van der Waals surface area contributed by atoms with Crippen LogP contribution in [0.3, 0.4) is 0 Å². The first kappa shape index (κ1) is 23.1. The number of likely N-dealkylation sites (N-methyl/N-ethyl adjacent to an activating group) is 1. The third-order valence-corrected chi connectivity index (χ3v) is 6.89. The number of rotatable bonds is 9. The van der Waals surface area contributed by atoms with Gasteiger partial charge in [-0.25, -0.2) is 4.79 Å². The largest absolute Gasteiger partial charge is 0.457 e. The Morgan fingerprint density at radius 1 is 1.09 bits per heavy atom. The van der Waals surface area contributed by atoms with Crippen LogP contribution in [0.25, 0.3) is 0 Å². The van der Waals surface area contributed by atoms with Crippen LogP contribution in [0.2, 0.25) is 0 Å². The van der Waals surface area contributed by atoms with Crippen LogP contribution in [0.15, 0.2) is 79.3 Å². The summed E-state index contributed by atoms with van der Waals surface area (Å²) < 4.78 is 6.70. The third-order valence-electron chi connectivity index (χ3n) is 6.89. The van der Waals surface area contributed by atoms with Crippen LogP contribution >= 0.6 is 0 Å². The average Bonchev–Trinajstić information content (AvgIpc) is 3.23. The quantitative estimate of drug-likeness (QED) is 0.402. The van der Waals surface area contributed by atoms with Crippen molar-refractivity contribution in [3.8, 4) is 0 Å². The van der Waals surface area contributed by atoms with E-state index in [1.54, 1.807) is 36.7 Å². The van der Waals surface area contributed by atoms with Gasteiger partial charge in [-0.1, -0.05) is 60.7 Å². The number of benzene rings is 2. The van der Waals surface area contributed by atoms with Crippen molar-refractivity contribution in [1.29, 1.82) is 0 Å². The van der Waals surface area contributed by atoms with Crippen molar-refractivity contribution in [2.45, 2.75) is 37.3 Å². The molecule has 1 aliphatic heterocycles.